The highest BCUT2D eigenvalue weighted by molar-refractivity contribution is 6.01. The Hall–Kier alpha value is -1.98. The molecule has 1 unspecified atom stereocenters. The molecule has 25 heavy (non-hydrogen) atoms. The third-order valence-electron chi connectivity index (χ3n) is 5.36. The van der Waals surface area contributed by atoms with Gasteiger partial charge in [0.25, 0.3) is 0 Å². The van der Waals surface area contributed by atoms with Gasteiger partial charge in [0.15, 0.2) is 11.6 Å². The second-order valence-electron chi connectivity index (χ2n) is 7.02. The Kier molecular flexibility index (Phi) is 5.35. The Morgan fingerprint density at radius 3 is 2.48 bits per heavy atom. The molecule has 4 nitrogen and oxygen atoms in total. The van der Waals surface area contributed by atoms with Gasteiger partial charge in [-0.1, -0.05) is 25.8 Å². The van der Waals surface area contributed by atoms with Gasteiger partial charge >= 0.3 is 0 Å². The maximum Gasteiger partial charge on any atom is 0.234 e. The molecule has 2 aliphatic heterocycles. The van der Waals surface area contributed by atoms with Crippen molar-refractivity contribution in [2.45, 2.75) is 51.4 Å². The van der Waals surface area contributed by atoms with Gasteiger partial charge in [-0.2, -0.15) is 0 Å². The number of benzene rings is 1. The molecule has 0 saturated carbocycles. The Morgan fingerprint density at radius 1 is 1.12 bits per heavy atom. The summed E-state index contributed by atoms with van der Waals surface area (Å²) in [6.45, 7) is 3.60. The second kappa shape index (κ2) is 7.50. The van der Waals surface area contributed by atoms with Crippen molar-refractivity contribution in [3.63, 3.8) is 0 Å². The van der Waals surface area contributed by atoms with Gasteiger partial charge in [-0.15, -0.1) is 0 Å². The van der Waals surface area contributed by atoms with Crippen LogP contribution in [-0.2, 0) is 9.59 Å². The monoisotopic (exact) mass is 350 g/mol. The molecule has 1 aromatic carbocycles. The topological polar surface area (TPSA) is 49.4 Å². The fourth-order valence-corrected chi connectivity index (χ4v) is 3.93. The number of carbonyl (C=O) groups excluding carboxylic acids is 2. The zero-order chi connectivity index (χ0) is 18.0. The van der Waals surface area contributed by atoms with E-state index in [-0.39, 0.29) is 30.0 Å². The minimum absolute atomic E-state index is 0.0344. The van der Waals surface area contributed by atoms with E-state index in [9.17, 15) is 18.4 Å². The van der Waals surface area contributed by atoms with E-state index >= 15 is 0 Å². The first-order valence-corrected chi connectivity index (χ1v) is 9.07. The van der Waals surface area contributed by atoms with Gasteiger partial charge in [-0.3, -0.25) is 14.9 Å². The van der Waals surface area contributed by atoms with Crippen LogP contribution in [0.1, 0.15) is 56.9 Å². The molecule has 0 aromatic heterocycles. The van der Waals surface area contributed by atoms with E-state index < -0.39 is 23.5 Å². The van der Waals surface area contributed by atoms with Crippen LogP contribution in [-0.4, -0.2) is 24.9 Å². The van der Waals surface area contributed by atoms with Gasteiger partial charge in [0.05, 0.1) is 11.6 Å². The molecule has 0 radical (unpaired) electrons. The fraction of sp³-hybridized carbons (Fsp3) is 0.579. The van der Waals surface area contributed by atoms with E-state index in [1.54, 1.807) is 6.07 Å². The second-order valence-corrected chi connectivity index (χ2v) is 7.02. The molecule has 1 atom stereocenters. The first-order valence-electron chi connectivity index (χ1n) is 9.07. The van der Waals surface area contributed by atoms with Crippen molar-refractivity contribution in [2.24, 2.45) is 5.92 Å². The molecule has 0 aliphatic carbocycles. The maximum absolute atomic E-state index is 14.6. The zero-order valence-electron chi connectivity index (χ0n) is 14.5. The number of hydrogen-bond acceptors (Lipinski definition) is 3. The summed E-state index contributed by atoms with van der Waals surface area (Å²) in [5.74, 6) is -2.93. The van der Waals surface area contributed by atoms with E-state index in [0.717, 1.165) is 32.4 Å². The lowest BCUT2D eigenvalue weighted by molar-refractivity contribution is -0.134. The van der Waals surface area contributed by atoms with Gasteiger partial charge in [-0.05, 0) is 31.2 Å². The smallest absolute Gasteiger partial charge is 0.234 e. The number of nitrogens with zero attached hydrogens (tertiary/aromatic N) is 1. The summed E-state index contributed by atoms with van der Waals surface area (Å²) in [7, 11) is 0. The summed E-state index contributed by atoms with van der Waals surface area (Å²) >= 11 is 0. The summed E-state index contributed by atoms with van der Waals surface area (Å²) < 4.78 is 29.2. The molecule has 136 valence electrons. The molecule has 0 spiro atoms. The molecule has 2 amide bonds. The quantitative estimate of drug-likeness (QED) is 0.846. The van der Waals surface area contributed by atoms with Crippen LogP contribution >= 0.6 is 0 Å². The SMILES string of the molecule is CCCC1CCN(c2ccc(C3CCC(=O)NC3=O)c(F)c2F)CC1. The van der Waals surface area contributed by atoms with E-state index in [4.69, 9.17) is 0 Å². The van der Waals surface area contributed by atoms with Crippen LogP contribution < -0.4 is 10.2 Å². The zero-order valence-corrected chi connectivity index (χ0v) is 14.5. The van der Waals surface area contributed by atoms with Crippen molar-refractivity contribution in [1.29, 1.82) is 0 Å². The number of amides is 2. The molecule has 6 heteroatoms. The fourth-order valence-electron chi connectivity index (χ4n) is 3.93. The summed E-state index contributed by atoms with van der Waals surface area (Å²) in [5.41, 5.74) is 0.301. The van der Waals surface area contributed by atoms with E-state index in [1.807, 2.05) is 4.90 Å². The van der Waals surface area contributed by atoms with Crippen molar-refractivity contribution in [3.05, 3.63) is 29.3 Å². The van der Waals surface area contributed by atoms with Gasteiger partial charge in [0.2, 0.25) is 11.8 Å². The predicted molar refractivity (Wildman–Crippen MR) is 91.3 cm³/mol. The highest BCUT2D eigenvalue weighted by atomic mass is 19.2. The van der Waals surface area contributed by atoms with Crippen molar-refractivity contribution < 1.29 is 18.4 Å². The number of hydrogen-bond donors (Lipinski definition) is 1. The minimum atomic E-state index is -0.970. The van der Waals surface area contributed by atoms with Gasteiger partial charge in [0, 0.05) is 25.1 Å². The van der Waals surface area contributed by atoms with Gasteiger partial charge in [0.1, 0.15) is 0 Å². The highest BCUT2D eigenvalue weighted by Crippen LogP contribution is 2.34. The van der Waals surface area contributed by atoms with Crippen molar-refractivity contribution >= 4 is 17.5 Å². The van der Waals surface area contributed by atoms with Crippen molar-refractivity contribution in [1.82, 2.24) is 5.32 Å². The molecule has 1 aromatic rings. The van der Waals surface area contributed by atoms with E-state index in [0.29, 0.717) is 5.92 Å². The van der Waals surface area contributed by atoms with Crippen LogP contribution in [0.25, 0.3) is 0 Å². The summed E-state index contributed by atoms with van der Waals surface area (Å²) in [4.78, 5) is 25.0. The largest absolute Gasteiger partial charge is 0.369 e. The van der Waals surface area contributed by atoms with Crippen LogP contribution in [0.2, 0.25) is 0 Å². The predicted octanol–water partition coefficient (Wildman–Crippen LogP) is 3.50. The minimum Gasteiger partial charge on any atom is -0.369 e. The molecule has 2 fully saturated rings. The van der Waals surface area contributed by atoms with Gasteiger partial charge in [-0.25, -0.2) is 8.78 Å². The van der Waals surface area contributed by atoms with Crippen molar-refractivity contribution in [2.75, 3.05) is 18.0 Å². The molecule has 2 heterocycles. The maximum atomic E-state index is 14.6. The third-order valence-corrected chi connectivity index (χ3v) is 5.36. The molecule has 3 rings (SSSR count). The normalized spacial score (nSPS) is 22.2. The first kappa shape index (κ1) is 17.8. The molecular weight excluding hydrogens is 326 g/mol. The number of halogens is 2. The van der Waals surface area contributed by atoms with Crippen LogP contribution in [0.5, 0.6) is 0 Å². The Labute approximate surface area is 146 Å². The summed E-state index contributed by atoms with van der Waals surface area (Å²) in [5, 5.41) is 2.19. The molecule has 2 saturated heterocycles. The average molecular weight is 350 g/mol. The lowest BCUT2D eigenvalue weighted by atomic mass is 9.89. The Bertz CT molecular complexity index is 670. The number of anilines is 1. The van der Waals surface area contributed by atoms with E-state index in [2.05, 4.69) is 12.2 Å². The van der Waals surface area contributed by atoms with Crippen molar-refractivity contribution in [3.8, 4) is 0 Å². The molecule has 0 bridgehead atoms. The van der Waals surface area contributed by atoms with E-state index in [1.165, 1.54) is 12.5 Å². The van der Waals surface area contributed by atoms with Crippen LogP contribution in [0.15, 0.2) is 12.1 Å². The van der Waals surface area contributed by atoms with Crippen LogP contribution in [0.3, 0.4) is 0 Å². The first-order chi connectivity index (χ1) is 12.0. The third kappa shape index (κ3) is 3.67. The van der Waals surface area contributed by atoms with Crippen LogP contribution in [0, 0.1) is 17.6 Å². The highest BCUT2D eigenvalue weighted by Gasteiger charge is 2.32. The summed E-state index contributed by atoms with van der Waals surface area (Å²) in [6.07, 6.45) is 4.66. The number of nitrogens with one attached hydrogen (secondary N) is 1. The number of piperidine rings is 2. The molecule has 1 N–H and O–H groups in total. The summed E-state index contributed by atoms with van der Waals surface area (Å²) in [6, 6.07) is 3.06. The number of imide groups is 1. The Balaban J connectivity index is 1.77. The number of carbonyl (C=O) groups is 2. The standard InChI is InChI=1S/C19H24F2N2O2/c1-2-3-12-8-10-23(11-9-12)15-6-4-13(17(20)18(15)21)14-5-7-16(24)22-19(14)25/h4,6,12,14H,2-3,5,7-11H2,1H3,(H,22,24,25). The van der Waals surface area contributed by atoms with Gasteiger partial charge < -0.3 is 4.90 Å². The lowest BCUT2D eigenvalue weighted by Crippen LogP contribution is -2.40. The average Bonchev–Trinajstić information content (AvgIpc) is 2.59. The molecule has 2 aliphatic rings. The molecular formula is C19H24F2N2O2. The Morgan fingerprint density at radius 2 is 1.84 bits per heavy atom. The van der Waals surface area contributed by atoms with Crippen LogP contribution in [0.4, 0.5) is 14.5 Å². The number of rotatable bonds is 4. The lowest BCUT2D eigenvalue weighted by Gasteiger charge is -2.34.